The molecule has 0 atom stereocenters. The zero-order valence-corrected chi connectivity index (χ0v) is 9.10. The number of nitrogens with zero attached hydrogens (tertiary/aromatic N) is 3. The number of aryl methyl sites for hydroxylation is 1. The van der Waals surface area contributed by atoms with Gasteiger partial charge in [0.05, 0.1) is 6.54 Å². The van der Waals surface area contributed by atoms with E-state index in [0.29, 0.717) is 18.0 Å². The summed E-state index contributed by atoms with van der Waals surface area (Å²) in [6.07, 6.45) is 3.36. The van der Waals surface area contributed by atoms with E-state index in [9.17, 15) is 4.79 Å². The molecule has 0 unspecified atom stereocenters. The molecular weight excluding hydrogens is 208 g/mol. The normalized spacial score (nSPS) is 10.4. The van der Waals surface area contributed by atoms with Crippen LogP contribution in [0.1, 0.15) is 22.1 Å². The van der Waals surface area contributed by atoms with Gasteiger partial charge in [-0.05, 0) is 6.92 Å². The second-order valence-corrected chi connectivity index (χ2v) is 3.52. The van der Waals surface area contributed by atoms with E-state index in [4.69, 9.17) is 4.52 Å². The molecule has 2 aromatic heterocycles. The Labute approximate surface area is 92.3 Å². The molecule has 84 valence electrons. The fraction of sp³-hybridized carbons (Fsp3) is 0.300. The maximum Gasteiger partial charge on any atom is 0.276 e. The molecule has 2 aromatic rings. The number of aromatic amines is 1. The average molecular weight is 220 g/mol. The molecule has 6 heteroatoms. The Morgan fingerprint density at radius 1 is 1.62 bits per heavy atom. The van der Waals surface area contributed by atoms with Crippen molar-refractivity contribution in [3.05, 3.63) is 35.7 Å². The molecule has 6 nitrogen and oxygen atoms in total. The van der Waals surface area contributed by atoms with Gasteiger partial charge >= 0.3 is 0 Å². The number of carbonyl (C=O) groups is 1. The predicted molar refractivity (Wildman–Crippen MR) is 55.6 cm³/mol. The zero-order chi connectivity index (χ0) is 11.5. The number of hydrogen-bond donors (Lipinski definition) is 1. The average Bonchev–Trinajstić information content (AvgIpc) is 2.88. The fourth-order valence-corrected chi connectivity index (χ4v) is 1.34. The van der Waals surface area contributed by atoms with Crippen molar-refractivity contribution < 1.29 is 9.32 Å². The monoisotopic (exact) mass is 220 g/mol. The Bertz CT molecular complexity index is 475. The van der Waals surface area contributed by atoms with Crippen molar-refractivity contribution in [3.63, 3.8) is 0 Å². The molecule has 16 heavy (non-hydrogen) atoms. The third-order valence-corrected chi connectivity index (χ3v) is 2.14. The van der Waals surface area contributed by atoms with E-state index in [-0.39, 0.29) is 5.91 Å². The van der Waals surface area contributed by atoms with E-state index in [1.165, 1.54) is 4.90 Å². The zero-order valence-electron chi connectivity index (χ0n) is 9.10. The van der Waals surface area contributed by atoms with Gasteiger partial charge in [0, 0.05) is 25.5 Å². The van der Waals surface area contributed by atoms with Crippen molar-refractivity contribution in [2.24, 2.45) is 0 Å². The first-order valence-electron chi connectivity index (χ1n) is 4.84. The highest BCUT2D eigenvalue weighted by Crippen LogP contribution is 2.06. The molecule has 0 aromatic carbocycles. The van der Waals surface area contributed by atoms with Gasteiger partial charge in [-0.2, -0.15) is 0 Å². The second kappa shape index (κ2) is 4.18. The fourth-order valence-electron chi connectivity index (χ4n) is 1.34. The lowest BCUT2D eigenvalue weighted by Gasteiger charge is -2.13. The molecule has 0 radical (unpaired) electrons. The summed E-state index contributed by atoms with van der Waals surface area (Å²) < 4.78 is 4.85. The van der Waals surface area contributed by atoms with Crippen LogP contribution < -0.4 is 0 Å². The van der Waals surface area contributed by atoms with Crippen LogP contribution in [-0.2, 0) is 6.54 Å². The number of carbonyl (C=O) groups excluding carboxylic acids is 1. The minimum atomic E-state index is -0.187. The van der Waals surface area contributed by atoms with Gasteiger partial charge in [-0.1, -0.05) is 5.16 Å². The van der Waals surface area contributed by atoms with Gasteiger partial charge in [0.25, 0.3) is 5.91 Å². The molecule has 2 rings (SSSR count). The quantitative estimate of drug-likeness (QED) is 0.836. The van der Waals surface area contributed by atoms with Crippen molar-refractivity contribution in [3.8, 4) is 0 Å². The maximum atomic E-state index is 11.8. The molecule has 0 aliphatic rings. The molecule has 1 N–H and O–H groups in total. The summed E-state index contributed by atoms with van der Waals surface area (Å²) in [6.45, 7) is 2.16. The van der Waals surface area contributed by atoms with Crippen molar-refractivity contribution in [2.75, 3.05) is 7.05 Å². The Hall–Kier alpha value is -2.11. The van der Waals surface area contributed by atoms with Gasteiger partial charge in [-0.15, -0.1) is 0 Å². The predicted octanol–water partition coefficient (Wildman–Crippen LogP) is 0.978. The third kappa shape index (κ3) is 2.10. The first-order valence-corrected chi connectivity index (χ1v) is 4.84. The topological polar surface area (TPSA) is 75.0 Å². The van der Waals surface area contributed by atoms with E-state index < -0.39 is 0 Å². The smallest absolute Gasteiger partial charge is 0.276 e. The van der Waals surface area contributed by atoms with Crippen LogP contribution in [0.3, 0.4) is 0 Å². The molecular formula is C10H12N4O2. The number of imidazole rings is 1. The van der Waals surface area contributed by atoms with Gasteiger partial charge < -0.3 is 14.4 Å². The van der Waals surface area contributed by atoms with Crippen LogP contribution in [0.2, 0.25) is 0 Å². The molecule has 0 spiro atoms. The molecule has 1 amide bonds. The lowest BCUT2D eigenvalue weighted by molar-refractivity contribution is 0.0771. The summed E-state index contributed by atoms with van der Waals surface area (Å²) in [7, 11) is 1.69. The van der Waals surface area contributed by atoms with E-state index in [1.54, 1.807) is 32.4 Å². The molecule has 0 aliphatic carbocycles. The second-order valence-electron chi connectivity index (χ2n) is 3.52. The maximum absolute atomic E-state index is 11.8. The number of hydrogen-bond acceptors (Lipinski definition) is 4. The summed E-state index contributed by atoms with van der Waals surface area (Å²) in [5.74, 6) is 1.17. The molecule has 0 aliphatic heterocycles. The van der Waals surface area contributed by atoms with Crippen LogP contribution >= 0.6 is 0 Å². The highest BCUT2D eigenvalue weighted by atomic mass is 16.5. The van der Waals surface area contributed by atoms with Gasteiger partial charge in [-0.3, -0.25) is 4.79 Å². The first-order chi connectivity index (χ1) is 7.66. The van der Waals surface area contributed by atoms with Crippen LogP contribution in [0.5, 0.6) is 0 Å². The van der Waals surface area contributed by atoms with Gasteiger partial charge in [0.15, 0.2) is 5.69 Å². The van der Waals surface area contributed by atoms with Crippen molar-refractivity contribution in [1.82, 2.24) is 20.0 Å². The Balaban J connectivity index is 2.05. The van der Waals surface area contributed by atoms with Crippen LogP contribution in [-0.4, -0.2) is 33.0 Å². The summed E-state index contributed by atoms with van der Waals surface area (Å²) in [5.41, 5.74) is 0.312. The lowest BCUT2D eigenvalue weighted by Crippen LogP contribution is -2.26. The Morgan fingerprint density at radius 2 is 2.44 bits per heavy atom. The molecule has 0 bridgehead atoms. The number of nitrogens with one attached hydrogen (secondary N) is 1. The summed E-state index contributed by atoms with van der Waals surface area (Å²) in [6, 6.07) is 1.61. The van der Waals surface area contributed by atoms with Crippen molar-refractivity contribution in [1.29, 1.82) is 0 Å². The van der Waals surface area contributed by atoms with Crippen molar-refractivity contribution in [2.45, 2.75) is 13.5 Å². The molecule has 0 saturated heterocycles. The Kier molecular flexibility index (Phi) is 2.72. The van der Waals surface area contributed by atoms with Gasteiger partial charge in [0.1, 0.15) is 11.6 Å². The van der Waals surface area contributed by atoms with Crippen LogP contribution in [0.25, 0.3) is 0 Å². The van der Waals surface area contributed by atoms with E-state index in [2.05, 4.69) is 15.1 Å². The van der Waals surface area contributed by atoms with Gasteiger partial charge in [-0.25, -0.2) is 4.98 Å². The lowest BCUT2D eigenvalue weighted by atomic mass is 10.3. The van der Waals surface area contributed by atoms with E-state index in [0.717, 1.165) is 5.82 Å². The molecule has 0 fully saturated rings. The molecule has 0 saturated carbocycles. The van der Waals surface area contributed by atoms with Crippen LogP contribution in [0.15, 0.2) is 23.0 Å². The van der Waals surface area contributed by atoms with E-state index in [1.807, 2.05) is 0 Å². The SMILES string of the molecule is Cc1cc(C(=O)N(C)Cc2ncc[nH]2)no1. The largest absolute Gasteiger partial charge is 0.361 e. The van der Waals surface area contributed by atoms with Crippen molar-refractivity contribution >= 4 is 5.91 Å². The van der Waals surface area contributed by atoms with Gasteiger partial charge in [0.2, 0.25) is 0 Å². The number of aromatic nitrogens is 3. The highest BCUT2D eigenvalue weighted by molar-refractivity contribution is 5.91. The van der Waals surface area contributed by atoms with Crippen LogP contribution in [0, 0.1) is 6.92 Å². The van der Waals surface area contributed by atoms with Crippen LogP contribution in [0.4, 0.5) is 0 Å². The Morgan fingerprint density at radius 3 is 3.00 bits per heavy atom. The summed E-state index contributed by atoms with van der Waals surface area (Å²) in [4.78, 5) is 20.3. The summed E-state index contributed by atoms with van der Waals surface area (Å²) in [5, 5.41) is 3.67. The third-order valence-electron chi connectivity index (χ3n) is 2.14. The van der Waals surface area contributed by atoms with E-state index >= 15 is 0 Å². The minimum absolute atomic E-state index is 0.187. The standard InChI is InChI=1S/C10H12N4O2/c1-7-5-8(13-16-7)10(15)14(2)6-9-11-3-4-12-9/h3-5H,6H2,1-2H3,(H,11,12). The summed E-state index contributed by atoms with van der Waals surface area (Å²) >= 11 is 0. The first kappa shape index (κ1) is 10.4. The number of H-pyrrole nitrogens is 1. The molecule has 2 heterocycles. The minimum Gasteiger partial charge on any atom is -0.361 e. The number of amides is 1. The highest BCUT2D eigenvalue weighted by Gasteiger charge is 2.16. The number of rotatable bonds is 3.